The Balaban J connectivity index is 1.96. The van der Waals surface area contributed by atoms with Gasteiger partial charge in [0.05, 0.1) is 0 Å². The largest absolute Gasteiger partial charge is 0.384 e. The predicted molar refractivity (Wildman–Crippen MR) is 67.0 cm³/mol. The Kier molecular flexibility index (Phi) is 3.62. The maximum atomic E-state index is 5.67. The number of alkyl halides is 1. The van der Waals surface area contributed by atoms with Gasteiger partial charge in [-0.2, -0.15) is 0 Å². The second-order valence-corrected chi connectivity index (χ2v) is 5.72. The van der Waals surface area contributed by atoms with Crippen molar-refractivity contribution in [3.05, 3.63) is 23.9 Å². The van der Waals surface area contributed by atoms with Crippen molar-refractivity contribution in [2.24, 2.45) is 5.92 Å². The number of anilines is 1. The summed E-state index contributed by atoms with van der Waals surface area (Å²) in [6.45, 7) is 0. The van der Waals surface area contributed by atoms with Crippen LogP contribution in [0.15, 0.2) is 18.3 Å². The third kappa shape index (κ3) is 3.20. The minimum absolute atomic E-state index is 0.638. The molecule has 82 valence electrons. The van der Waals surface area contributed by atoms with Gasteiger partial charge in [0.2, 0.25) is 0 Å². The molecule has 0 bridgehead atoms. The zero-order valence-corrected chi connectivity index (χ0v) is 10.4. The van der Waals surface area contributed by atoms with Crippen LogP contribution in [-0.4, -0.2) is 9.81 Å². The molecule has 1 aromatic rings. The third-order valence-electron chi connectivity index (χ3n) is 3.09. The molecule has 0 amide bonds. The van der Waals surface area contributed by atoms with Gasteiger partial charge in [0.15, 0.2) is 0 Å². The van der Waals surface area contributed by atoms with Gasteiger partial charge < -0.3 is 5.73 Å². The van der Waals surface area contributed by atoms with Crippen molar-refractivity contribution in [3.8, 4) is 0 Å². The fraction of sp³-hybridized carbons (Fsp3) is 0.583. The zero-order valence-electron chi connectivity index (χ0n) is 8.82. The van der Waals surface area contributed by atoms with Crippen LogP contribution in [0.3, 0.4) is 0 Å². The van der Waals surface area contributed by atoms with Crippen LogP contribution in [0.4, 0.5) is 5.82 Å². The summed E-state index contributed by atoms with van der Waals surface area (Å²) >= 11 is 3.72. The number of hydrogen-bond acceptors (Lipinski definition) is 2. The standard InChI is InChI=1S/C12H17BrN2/c13-11-3-1-2-9(7-11)6-10-4-5-15-12(14)8-10/h4-5,8-9,11H,1-3,6-7H2,(H2,14,15). The summed E-state index contributed by atoms with van der Waals surface area (Å²) in [6.07, 6.45) is 8.27. The fourth-order valence-corrected chi connectivity index (χ4v) is 3.22. The van der Waals surface area contributed by atoms with E-state index >= 15 is 0 Å². The molecule has 2 nitrogen and oxygen atoms in total. The highest BCUT2D eigenvalue weighted by Gasteiger charge is 2.19. The molecule has 3 heteroatoms. The number of rotatable bonds is 2. The summed E-state index contributed by atoms with van der Waals surface area (Å²) in [5.41, 5.74) is 7.00. The molecule has 0 saturated heterocycles. The Morgan fingerprint density at radius 2 is 2.33 bits per heavy atom. The molecule has 1 aromatic heterocycles. The summed E-state index contributed by atoms with van der Waals surface area (Å²) < 4.78 is 0. The van der Waals surface area contributed by atoms with Gasteiger partial charge in [-0.1, -0.05) is 28.8 Å². The van der Waals surface area contributed by atoms with Crippen molar-refractivity contribution in [1.29, 1.82) is 0 Å². The average Bonchev–Trinajstić information content (AvgIpc) is 2.17. The fourth-order valence-electron chi connectivity index (χ4n) is 2.37. The van der Waals surface area contributed by atoms with E-state index in [2.05, 4.69) is 27.0 Å². The van der Waals surface area contributed by atoms with E-state index < -0.39 is 0 Å². The van der Waals surface area contributed by atoms with Crippen LogP contribution in [0.5, 0.6) is 0 Å². The van der Waals surface area contributed by atoms with Gasteiger partial charge in [-0.05, 0) is 42.9 Å². The summed E-state index contributed by atoms with van der Waals surface area (Å²) in [4.78, 5) is 4.73. The lowest BCUT2D eigenvalue weighted by atomic mass is 9.85. The van der Waals surface area contributed by atoms with Crippen LogP contribution < -0.4 is 5.73 Å². The molecule has 1 aliphatic rings. The van der Waals surface area contributed by atoms with Crippen molar-refractivity contribution >= 4 is 21.7 Å². The first-order valence-electron chi connectivity index (χ1n) is 5.58. The van der Waals surface area contributed by atoms with Gasteiger partial charge in [0, 0.05) is 11.0 Å². The second-order valence-electron chi connectivity index (χ2n) is 4.42. The molecule has 2 N–H and O–H groups in total. The molecule has 0 spiro atoms. The van der Waals surface area contributed by atoms with Gasteiger partial charge in [-0.3, -0.25) is 0 Å². The molecule has 0 aromatic carbocycles. The van der Waals surface area contributed by atoms with Crippen LogP contribution in [0.2, 0.25) is 0 Å². The van der Waals surface area contributed by atoms with Crippen LogP contribution in [0.1, 0.15) is 31.2 Å². The van der Waals surface area contributed by atoms with E-state index in [0.717, 1.165) is 17.2 Å². The zero-order chi connectivity index (χ0) is 10.7. The Labute approximate surface area is 99.4 Å². The quantitative estimate of drug-likeness (QED) is 0.837. The molecule has 0 radical (unpaired) electrons. The van der Waals surface area contributed by atoms with E-state index in [4.69, 9.17) is 5.73 Å². The second kappa shape index (κ2) is 4.97. The van der Waals surface area contributed by atoms with Crippen molar-refractivity contribution in [2.75, 3.05) is 5.73 Å². The highest BCUT2D eigenvalue weighted by atomic mass is 79.9. The summed E-state index contributed by atoms with van der Waals surface area (Å²) in [6, 6.07) is 4.08. The Morgan fingerprint density at radius 1 is 1.47 bits per heavy atom. The molecule has 1 saturated carbocycles. The SMILES string of the molecule is Nc1cc(CC2CCCC(Br)C2)ccn1. The van der Waals surface area contributed by atoms with Gasteiger partial charge in [-0.25, -0.2) is 4.98 Å². The van der Waals surface area contributed by atoms with Crippen LogP contribution in [-0.2, 0) is 6.42 Å². The molecular weight excluding hydrogens is 252 g/mol. The van der Waals surface area contributed by atoms with Crippen LogP contribution in [0, 0.1) is 5.92 Å². The average molecular weight is 269 g/mol. The molecule has 0 aliphatic heterocycles. The third-order valence-corrected chi connectivity index (χ3v) is 3.92. The van der Waals surface area contributed by atoms with Crippen molar-refractivity contribution < 1.29 is 0 Å². The van der Waals surface area contributed by atoms with Crippen molar-refractivity contribution in [2.45, 2.75) is 36.9 Å². The molecule has 2 unspecified atom stereocenters. The molecule has 15 heavy (non-hydrogen) atoms. The number of nitrogens with two attached hydrogens (primary N) is 1. The lowest BCUT2D eigenvalue weighted by Gasteiger charge is -2.25. The van der Waals surface area contributed by atoms with E-state index in [0.29, 0.717) is 5.82 Å². The topological polar surface area (TPSA) is 38.9 Å². The Morgan fingerprint density at radius 3 is 3.07 bits per heavy atom. The minimum Gasteiger partial charge on any atom is -0.384 e. The van der Waals surface area contributed by atoms with E-state index in [1.807, 2.05) is 6.07 Å². The van der Waals surface area contributed by atoms with Crippen molar-refractivity contribution in [3.63, 3.8) is 0 Å². The summed E-state index contributed by atoms with van der Waals surface area (Å²) in [5, 5.41) is 0. The highest BCUT2D eigenvalue weighted by Crippen LogP contribution is 2.31. The van der Waals surface area contributed by atoms with Gasteiger partial charge in [0.1, 0.15) is 5.82 Å². The summed E-state index contributed by atoms with van der Waals surface area (Å²) in [5.74, 6) is 1.45. The maximum absolute atomic E-state index is 5.67. The van der Waals surface area contributed by atoms with Crippen molar-refractivity contribution in [1.82, 2.24) is 4.98 Å². The number of hydrogen-bond donors (Lipinski definition) is 1. The normalized spacial score (nSPS) is 26.5. The van der Waals surface area contributed by atoms with Gasteiger partial charge >= 0.3 is 0 Å². The highest BCUT2D eigenvalue weighted by molar-refractivity contribution is 9.09. The molecule has 2 rings (SSSR count). The number of aromatic nitrogens is 1. The van der Waals surface area contributed by atoms with E-state index in [9.17, 15) is 0 Å². The Bertz CT molecular complexity index is 327. The van der Waals surface area contributed by atoms with E-state index in [1.54, 1.807) is 6.20 Å². The van der Waals surface area contributed by atoms with Gasteiger partial charge in [-0.15, -0.1) is 0 Å². The van der Waals surface area contributed by atoms with Crippen LogP contribution in [0.25, 0.3) is 0 Å². The molecule has 1 fully saturated rings. The predicted octanol–water partition coefficient (Wildman–Crippen LogP) is 3.16. The first-order valence-corrected chi connectivity index (χ1v) is 6.50. The Hall–Kier alpha value is -0.570. The molecule has 2 atom stereocenters. The van der Waals surface area contributed by atoms with E-state index in [1.165, 1.54) is 31.2 Å². The summed E-state index contributed by atoms with van der Waals surface area (Å²) in [7, 11) is 0. The number of nitrogens with zero attached hydrogens (tertiary/aromatic N) is 1. The minimum atomic E-state index is 0.638. The lowest BCUT2D eigenvalue weighted by molar-refractivity contribution is 0.368. The molecule has 1 aliphatic carbocycles. The van der Waals surface area contributed by atoms with Gasteiger partial charge in [0.25, 0.3) is 0 Å². The first kappa shape index (κ1) is 10.9. The molecule has 1 heterocycles. The number of pyridine rings is 1. The smallest absolute Gasteiger partial charge is 0.123 e. The lowest BCUT2D eigenvalue weighted by Crippen LogP contribution is -2.17. The monoisotopic (exact) mass is 268 g/mol. The number of nitrogen functional groups attached to an aromatic ring is 1. The first-order chi connectivity index (χ1) is 7.24. The van der Waals surface area contributed by atoms with Crippen LogP contribution >= 0.6 is 15.9 Å². The maximum Gasteiger partial charge on any atom is 0.123 e. The van der Waals surface area contributed by atoms with E-state index in [-0.39, 0.29) is 0 Å². The number of halogens is 1. The molecular formula is C12H17BrN2.